The summed E-state index contributed by atoms with van der Waals surface area (Å²) in [5.41, 5.74) is 3.76. The van der Waals surface area contributed by atoms with Crippen LogP contribution in [0.1, 0.15) is 67.1 Å². The molecule has 1 N–H and O–H groups in total. The Kier molecular flexibility index (Phi) is 5.36. The molecular weight excluding hydrogens is 418 g/mol. The quantitative estimate of drug-likeness (QED) is 0.531. The van der Waals surface area contributed by atoms with Crippen molar-refractivity contribution in [3.63, 3.8) is 0 Å². The van der Waals surface area contributed by atoms with E-state index in [2.05, 4.69) is 19.2 Å². The molecule has 1 aromatic carbocycles. The number of nitrogens with zero attached hydrogens (tertiary/aromatic N) is 2. The number of nitrogens with one attached hydrogen (secondary N) is 1. The summed E-state index contributed by atoms with van der Waals surface area (Å²) >= 11 is 1.63. The third-order valence-electron chi connectivity index (χ3n) is 7.33. The van der Waals surface area contributed by atoms with Crippen molar-refractivity contribution in [2.24, 2.45) is 0 Å². The van der Waals surface area contributed by atoms with Crippen molar-refractivity contribution >= 4 is 39.1 Å². The first-order valence-electron chi connectivity index (χ1n) is 11.7. The highest BCUT2D eigenvalue weighted by molar-refractivity contribution is 7.17. The molecule has 1 aliphatic carbocycles. The highest BCUT2D eigenvalue weighted by Crippen LogP contribution is 2.38. The van der Waals surface area contributed by atoms with E-state index < -0.39 is 5.54 Å². The van der Waals surface area contributed by atoms with Crippen LogP contribution in [0.5, 0.6) is 0 Å². The second-order valence-electron chi connectivity index (χ2n) is 9.63. The van der Waals surface area contributed by atoms with Crippen molar-refractivity contribution < 1.29 is 9.59 Å². The zero-order valence-electron chi connectivity index (χ0n) is 19.1. The van der Waals surface area contributed by atoms with Crippen molar-refractivity contribution in [2.45, 2.75) is 77.4 Å². The smallest absolute Gasteiger partial charge is 0.275 e. The molecule has 0 unspecified atom stereocenters. The van der Waals surface area contributed by atoms with E-state index in [-0.39, 0.29) is 17.9 Å². The minimum Gasteiger partial charge on any atom is -0.351 e. The Morgan fingerprint density at radius 2 is 1.81 bits per heavy atom. The summed E-state index contributed by atoms with van der Waals surface area (Å²) in [4.78, 5) is 29.5. The summed E-state index contributed by atoms with van der Waals surface area (Å²) < 4.78 is 3.13. The number of aryl methyl sites for hydroxylation is 2. The Balaban J connectivity index is 1.59. The van der Waals surface area contributed by atoms with E-state index in [1.807, 2.05) is 47.2 Å². The molecule has 3 heterocycles. The van der Waals surface area contributed by atoms with Crippen LogP contribution in [0.4, 0.5) is 5.69 Å². The first-order chi connectivity index (χ1) is 15.4. The van der Waals surface area contributed by atoms with Gasteiger partial charge in [-0.1, -0.05) is 31.7 Å². The number of fused-ring (bicyclic) bond motifs is 3. The van der Waals surface area contributed by atoms with Crippen molar-refractivity contribution in [3.8, 4) is 0 Å². The van der Waals surface area contributed by atoms with Gasteiger partial charge in [0.2, 0.25) is 5.91 Å². The number of hydrogen-bond acceptors (Lipinski definition) is 3. The van der Waals surface area contributed by atoms with Gasteiger partial charge in [0.1, 0.15) is 11.2 Å². The summed E-state index contributed by atoms with van der Waals surface area (Å²) in [6.07, 6.45) is 6.81. The molecule has 3 aromatic rings. The molecule has 0 radical (unpaired) electrons. The maximum absolute atomic E-state index is 13.9. The van der Waals surface area contributed by atoms with Gasteiger partial charge in [-0.25, -0.2) is 0 Å². The number of amides is 2. The number of carbonyl (C=O) groups excluding carboxylic acids is 2. The normalized spacial score (nSPS) is 22.1. The molecule has 2 amide bonds. The molecule has 0 bridgehead atoms. The molecule has 5 nitrogen and oxygen atoms in total. The fraction of sp³-hybridized carbons (Fsp3) is 0.462. The van der Waals surface area contributed by atoms with Gasteiger partial charge in [0.15, 0.2) is 0 Å². The minimum atomic E-state index is -1.01. The Hall–Kier alpha value is -2.60. The second kappa shape index (κ2) is 8.07. The first-order valence-corrected chi connectivity index (χ1v) is 12.6. The summed E-state index contributed by atoms with van der Waals surface area (Å²) in [6.45, 7) is 6.48. The second-order valence-corrected chi connectivity index (χ2v) is 10.6. The largest absolute Gasteiger partial charge is 0.351 e. The zero-order chi connectivity index (χ0) is 22.5. The lowest BCUT2D eigenvalue weighted by Gasteiger charge is -2.44. The first kappa shape index (κ1) is 21.3. The van der Waals surface area contributed by atoms with Gasteiger partial charge in [-0.15, -0.1) is 11.3 Å². The van der Waals surface area contributed by atoms with Crippen LogP contribution in [-0.2, 0) is 11.3 Å². The van der Waals surface area contributed by atoms with E-state index in [0.717, 1.165) is 47.2 Å². The predicted octanol–water partition coefficient (Wildman–Crippen LogP) is 5.58. The van der Waals surface area contributed by atoms with E-state index in [4.69, 9.17) is 0 Å². The molecule has 1 fully saturated rings. The van der Waals surface area contributed by atoms with Crippen LogP contribution in [0.3, 0.4) is 0 Å². The number of hydrogen-bond donors (Lipinski definition) is 1. The molecular formula is C26H31N3O2S. The third kappa shape index (κ3) is 3.45. The monoisotopic (exact) mass is 449 g/mol. The highest BCUT2D eigenvalue weighted by atomic mass is 32.1. The zero-order valence-corrected chi connectivity index (χ0v) is 19.9. The SMILES string of the molecule is Cc1ccc(N2C(=O)c3cc4sccc4n3C[C@@]2(C)C(=O)NC2CCCCCC2)cc1C. The van der Waals surface area contributed by atoms with Gasteiger partial charge in [0.25, 0.3) is 5.91 Å². The summed E-state index contributed by atoms with van der Waals surface area (Å²) in [5, 5.41) is 5.38. The van der Waals surface area contributed by atoms with Crippen molar-refractivity contribution in [3.05, 3.63) is 52.5 Å². The maximum Gasteiger partial charge on any atom is 0.275 e. The molecule has 0 saturated heterocycles. The van der Waals surface area contributed by atoms with Gasteiger partial charge in [-0.3, -0.25) is 14.5 Å². The topological polar surface area (TPSA) is 54.3 Å². The molecule has 2 aromatic heterocycles. The summed E-state index contributed by atoms with van der Waals surface area (Å²) in [7, 11) is 0. The van der Waals surface area contributed by atoms with E-state index in [9.17, 15) is 9.59 Å². The van der Waals surface area contributed by atoms with Crippen LogP contribution >= 0.6 is 11.3 Å². The van der Waals surface area contributed by atoms with Crippen molar-refractivity contribution in [1.29, 1.82) is 0 Å². The Labute approximate surface area is 193 Å². The number of anilines is 1. The van der Waals surface area contributed by atoms with Crippen molar-refractivity contribution in [1.82, 2.24) is 9.88 Å². The Morgan fingerprint density at radius 1 is 1.06 bits per heavy atom. The predicted molar refractivity (Wildman–Crippen MR) is 131 cm³/mol. The fourth-order valence-electron chi connectivity index (χ4n) is 5.25. The van der Waals surface area contributed by atoms with Crippen LogP contribution in [0.15, 0.2) is 35.7 Å². The molecule has 0 spiro atoms. The van der Waals surface area contributed by atoms with E-state index in [1.165, 1.54) is 18.4 Å². The van der Waals surface area contributed by atoms with E-state index in [1.54, 1.807) is 16.2 Å². The molecule has 6 heteroatoms. The average molecular weight is 450 g/mol. The summed E-state index contributed by atoms with van der Waals surface area (Å²) in [5.74, 6) is -0.167. The van der Waals surface area contributed by atoms with E-state index >= 15 is 0 Å². The Morgan fingerprint density at radius 3 is 2.53 bits per heavy atom. The lowest BCUT2D eigenvalue weighted by molar-refractivity contribution is -0.127. The fourth-order valence-corrected chi connectivity index (χ4v) is 6.07. The van der Waals surface area contributed by atoms with Crippen LogP contribution in [-0.4, -0.2) is 28.0 Å². The van der Waals surface area contributed by atoms with Gasteiger partial charge >= 0.3 is 0 Å². The van der Waals surface area contributed by atoms with Crippen LogP contribution in [0.2, 0.25) is 0 Å². The number of aromatic nitrogens is 1. The van der Waals surface area contributed by atoms with Gasteiger partial charge in [-0.05, 0) is 74.4 Å². The van der Waals surface area contributed by atoms with Crippen LogP contribution in [0.25, 0.3) is 10.2 Å². The number of carbonyl (C=O) groups is 2. The Bertz CT molecular complexity index is 1190. The lowest BCUT2D eigenvalue weighted by Crippen LogP contribution is -2.65. The standard InChI is InChI=1S/C26H31N3O2S/c1-17-10-11-20(14-18(17)2)29-24(30)22-15-23-21(12-13-32-23)28(22)16-26(29,3)25(31)27-19-8-6-4-5-7-9-19/h10-15,19H,4-9,16H2,1-3H3,(H,27,31)/t26-/m0/s1. The maximum atomic E-state index is 13.9. The summed E-state index contributed by atoms with van der Waals surface area (Å²) in [6, 6.07) is 10.2. The van der Waals surface area contributed by atoms with Crippen LogP contribution < -0.4 is 10.2 Å². The molecule has 5 rings (SSSR count). The van der Waals surface area contributed by atoms with E-state index in [0.29, 0.717) is 12.2 Å². The van der Waals surface area contributed by atoms with Gasteiger partial charge in [-0.2, -0.15) is 0 Å². The molecule has 2 aliphatic rings. The minimum absolute atomic E-state index is 0.0568. The molecule has 168 valence electrons. The van der Waals surface area contributed by atoms with Crippen LogP contribution in [0, 0.1) is 13.8 Å². The van der Waals surface area contributed by atoms with Crippen molar-refractivity contribution in [2.75, 3.05) is 4.90 Å². The molecule has 1 saturated carbocycles. The lowest BCUT2D eigenvalue weighted by atomic mass is 9.92. The van der Waals surface area contributed by atoms with Gasteiger partial charge in [0.05, 0.1) is 16.8 Å². The molecule has 1 atom stereocenters. The third-order valence-corrected chi connectivity index (χ3v) is 8.19. The van der Waals surface area contributed by atoms with Gasteiger partial charge < -0.3 is 9.88 Å². The van der Waals surface area contributed by atoms with Gasteiger partial charge in [0, 0.05) is 11.7 Å². The number of benzene rings is 1. The highest BCUT2D eigenvalue weighted by Gasteiger charge is 2.49. The molecule has 1 aliphatic heterocycles. The number of rotatable bonds is 3. The molecule has 32 heavy (non-hydrogen) atoms. The average Bonchev–Trinajstić information content (AvgIpc) is 3.25. The number of thiophene rings is 1.